The number of hydrogen-bond donors (Lipinski definition) is 1. The van der Waals surface area contributed by atoms with Crippen molar-refractivity contribution in [3.8, 4) is 5.75 Å². The molecule has 2 heterocycles. The number of nitrogens with one attached hydrogen (secondary N) is 1. The molecule has 28 heavy (non-hydrogen) atoms. The lowest BCUT2D eigenvalue weighted by Gasteiger charge is -2.27. The van der Waals surface area contributed by atoms with Crippen molar-refractivity contribution in [1.29, 1.82) is 0 Å². The maximum atomic E-state index is 13.1. The van der Waals surface area contributed by atoms with Crippen LogP contribution in [0.4, 0.5) is 11.6 Å². The zero-order valence-electron chi connectivity index (χ0n) is 15.7. The van der Waals surface area contributed by atoms with Crippen LogP contribution in [-0.2, 0) is 4.74 Å². The molecular formula is C21H22N4O3. The summed E-state index contributed by atoms with van der Waals surface area (Å²) in [7, 11) is 0. The van der Waals surface area contributed by atoms with E-state index in [-0.39, 0.29) is 5.91 Å². The number of carbonyl (C=O) groups is 1. The first kappa shape index (κ1) is 18.2. The molecule has 1 amide bonds. The molecule has 4 rings (SSSR count). The fraction of sp³-hybridized carbons (Fsp3) is 0.286. The van der Waals surface area contributed by atoms with E-state index in [0.29, 0.717) is 37.0 Å². The first-order valence-electron chi connectivity index (χ1n) is 9.37. The Morgan fingerprint density at radius 3 is 2.82 bits per heavy atom. The van der Waals surface area contributed by atoms with Crippen LogP contribution in [0.25, 0.3) is 10.8 Å². The van der Waals surface area contributed by atoms with Gasteiger partial charge in [-0.15, -0.1) is 0 Å². The lowest BCUT2D eigenvalue weighted by Crippen LogP contribution is -2.36. The van der Waals surface area contributed by atoms with Crippen LogP contribution >= 0.6 is 0 Å². The molecule has 0 unspecified atom stereocenters. The summed E-state index contributed by atoms with van der Waals surface area (Å²) >= 11 is 0. The van der Waals surface area contributed by atoms with Gasteiger partial charge in [0.15, 0.2) is 0 Å². The molecule has 7 heteroatoms. The Balaban J connectivity index is 1.64. The van der Waals surface area contributed by atoms with Gasteiger partial charge in [0.2, 0.25) is 0 Å². The molecular weight excluding hydrogens is 356 g/mol. The largest absolute Gasteiger partial charge is 0.493 e. The third-order valence-corrected chi connectivity index (χ3v) is 4.65. The monoisotopic (exact) mass is 378 g/mol. The summed E-state index contributed by atoms with van der Waals surface area (Å²) in [6.45, 7) is 5.24. The molecule has 2 aromatic carbocycles. The number of carbonyl (C=O) groups excluding carboxylic acids is 1. The number of hydrogen-bond acceptors (Lipinski definition) is 6. The third kappa shape index (κ3) is 3.75. The number of ether oxygens (including phenoxy) is 2. The Morgan fingerprint density at radius 2 is 2.00 bits per heavy atom. The Hall–Kier alpha value is -3.19. The molecule has 0 aliphatic carbocycles. The molecule has 1 N–H and O–H groups in total. The van der Waals surface area contributed by atoms with Gasteiger partial charge in [0.05, 0.1) is 25.4 Å². The number of morpholine rings is 1. The molecule has 0 saturated carbocycles. The maximum absolute atomic E-state index is 13.1. The van der Waals surface area contributed by atoms with Crippen LogP contribution in [0.2, 0.25) is 0 Å². The third-order valence-electron chi connectivity index (χ3n) is 4.65. The summed E-state index contributed by atoms with van der Waals surface area (Å²) in [5.74, 6) is 1.53. The highest BCUT2D eigenvalue weighted by molar-refractivity contribution is 6.14. The van der Waals surface area contributed by atoms with Crippen LogP contribution in [0.1, 0.15) is 17.3 Å². The number of aromatic nitrogens is 2. The van der Waals surface area contributed by atoms with E-state index in [4.69, 9.17) is 9.47 Å². The van der Waals surface area contributed by atoms with Crippen molar-refractivity contribution < 1.29 is 14.3 Å². The van der Waals surface area contributed by atoms with Crippen LogP contribution < -0.4 is 15.0 Å². The van der Waals surface area contributed by atoms with Crippen LogP contribution in [0.15, 0.2) is 48.8 Å². The van der Waals surface area contributed by atoms with E-state index in [0.717, 1.165) is 29.7 Å². The van der Waals surface area contributed by atoms with Gasteiger partial charge in [0, 0.05) is 19.2 Å². The molecule has 1 fully saturated rings. The van der Waals surface area contributed by atoms with E-state index in [2.05, 4.69) is 20.2 Å². The second-order valence-corrected chi connectivity index (χ2v) is 6.41. The number of fused-ring (bicyclic) bond motifs is 1. The maximum Gasteiger partial charge on any atom is 0.261 e. The van der Waals surface area contributed by atoms with Crippen molar-refractivity contribution in [3.05, 3.63) is 54.4 Å². The number of amides is 1. The second kappa shape index (κ2) is 8.22. The SMILES string of the molecule is CCOc1ccc2ccccc2c1C(=O)Nc1cc(N2CCOCC2)ncn1. The van der Waals surface area contributed by atoms with Gasteiger partial charge in [-0.25, -0.2) is 9.97 Å². The fourth-order valence-corrected chi connectivity index (χ4v) is 3.32. The Bertz CT molecular complexity index is 986. The van der Waals surface area contributed by atoms with Crippen molar-refractivity contribution in [2.45, 2.75) is 6.92 Å². The number of nitrogens with zero attached hydrogens (tertiary/aromatic N) is 3. The van der Waals surface area contributed by atoms with E-state index in [1.807, 2.05) is 43.3 Å². The van der Waals surface area contributed by atoms with Gasteiger partial charge in [-0.1, -0.05) is 30.3 Å². The van der Waals surface area contributed by atoms with Gasteiger partial charge >= 0.3 is 0 Å². The molecule has 1 aliphatic rings. The molecule has 1 saturated heterocycles. The summed E-state index contributed by atoms with van der Waals surface area (Å²) in [5.41, 5.74) is 0.506. The number of benzene rings is 2. The average Bonchev–Trinajstić information content (AvgIpc) is 2.74. The minimum atomic E-state index is -0.258. The van der Waals surface area contributed by atoms with E-state index < -0.39 is 0 Å². The fourth-order valence-electron chi connectivity index (χ4n) is 3.32. The van der Waals surface area contributed by atoms with Crippen molar-refractivity contribution in [2.75, 3.05) is 43.1 Å². The summed E-state index contributed by atoms with van der Waals surface area (Å²) in [4.78, 5) is 23.8. The standard InChI is InChI=1S/C21H22N4O3/c1-2-28-17-8-7-15-5-3-4-6-16(15)20(17)21(26)24-18-13-19(23-14-22-18)25-9-11-27-12-10-25/h3-8,13-14H,2,9-12H2,1H3,(H,22,23,24,26). The first-order chi connectivity index (χ1) is 13.8. The molecule has 144 valence electrons. The van der Waals surface area contributed by atoms with Gasteiger partial charge in [0.1, 0.15) is 23.7 Å². The molecule has 7 nitrogen and oxygen atoms in total. The van der Waals surface area contributed by atoms with E-state index in [9.17, 15) is 4.79 Å². The highest BCUT2D eigenvalue weighted by Crippen LogP contribution is 2.29. The lowest BCUT2D eigenvalue weighted by atomic mass is 10.0. The molecule has 0 bridgehead atoms. The number of anilines is 2. The highest BCUT2D eigenvalue weighted by Gasteiger charge is 2.18. The minimum Gasteiger partial charge on any atom is -0.493 e. The zero-order chi connectivity index (χ0) is 19.3. The van der Waals surface area contributed by atoms with Crippen LogP contribution in [0, 0.1) is 0 Å². The molecule has 1 aromatic heterocycles. The van der Waals surface area contributed by atoms with Crippen LogP contribution in [0.5, 0.6) is 5.75 Å². The normalized spacial score (nSPS) is 14.1. The summed E-state index contributed by atoms with van der Waals surface area (Å²) < 4.78 is 11.1. The highest BCUT2D eigenvalue weighted by atomic mass is 16.5. The summed E-state index contributed by atoms with van der Waals surface area (Å²) in [5, 5.41) is 4.72. The van der Waals surface area contributed by atoms with Gasteiger partial charge < -0.3 is 19.7 Å². The molecule has 0 radical (unpaired) electrons. The predicted molar refractivity (Wildman–Crippen MR) is 108 cm³/mol. The Morgan fingerprint density at radius 1 is 1.18 bits per heavy atom. The first-order valence-corrected chi connectivity index (χ1v) is 9.37. The van der Waals surface area contributed by atoms with Crippen LogP contribution in [-0.4, -0.2) is 48.8 Å². The van der Waals surface area contributed by atoms with Gasteiger partial charge in [0.25, 0.3) is 5.91 Å². The summed E-state index contributed by atoms with van der Waals surface area (Å²) in [6, 6.07) is 13.3. The number of rotatable bonds is 5. The molecule has 0 spiro atoms. The quantitative estimate of drug-likeness (QED) is 0.735. The molecule has 0 atom stereocenters. The zero-order valence-corrected chi connectivity index (χ0v) is 15.7. The minimum absolute atomic E-state index is 0.258. The van der Waals surface area contributed by atoms with Gasteiger partial charge in [-0.2, -0.15) is 0 Å². The lowest BCUT2D eigenvalue weighted by molar-refractivity contribution is 0.102. The predicted octanol–water partition coefficient (Wildman–Crippen LogP) is 3.12. The van der Waals surface area contributed by atoms with E-state index in [1.54, 1.807) is 6.07 Å². The van der Waals surface area contributed by atoms with Crippen molar-refractivity contribution in [3.63, 3.8) is 0 Å². The average molecular weight is 378 g/mol. The van der Waals surface area contributed by atoms with E-state index in [1.165, 1.54) is 6.33 Å². The Kier molecular flexibility index (Phi) is 5.34. The summed E-state index contributed by atoms with van der Waals surface area (Å²) in [6.07, 6.45) is 1.47. The van der Waals surface area contributed by atoms with Crippen molar-refractivity contribution in [1.82, 2.24) is 9.97 Å². The van der Waals surface area contributed by atoms with Crippen molar-refractivity contribution >= 4 is 28.3 Å². The van der Waals surface area contributed by atoms with Crippen LogP contribution in [0.3, 0.4) is 0 Å². The topological polar surface area (TPSA) is 76.6 Å². The van der Waals surface area contributed by atoms with Gasteiger partial charge in [-0.05, 0) is 23.8 Å². The smallest absolute Gasteiger partial charge is 0.261 e. The Labute approximate surface area is 163 Å². The van der Waals surface area contributed by atoms with Crippen molar-refractivity contribution in [2.24, 2.45) is 0 Å². The van der Waals surface area contributed by atoms with Gasteiger partial charge in [-0.3, -0.25) is 4.79 Å². The molecule has 1 aliphatic heterocycles. The molecule has 3 aromatic rings. The van der Waals surface area contributed by atoms with E-state index >= 15 is 0 Å². The second-order valence-electron chi connectivity index (χ2n) is 6.41.